The molecule has 0 saturated carbocycles. The van der Waals surface area contributed by atoms with E-state index in [0.29, 0.717) is 25.8 Å². The Bertz CT molecular complexity index is 1140. The second kappa shape index (κ2) is 31.7. The number of carbonyl (C=O) groups excluding carboxylic acids is 5. The number of aliphatic carboxylic acids is 1. The van der Waals surface area contributed by atoms with Gasteiger partial charge in [0.05, 0.1) is 18.3 Å². The van der Waals surface area contributed by atoms with Gasteiger partial charge in [0.15, 0.2) is 6.04 Å². The molecule has 0 fully saturated rings. The van der Waals surface area contributed by atoms with E-state index in [4.69, 9.17) is 11.5 Å². The van der Waals surface area contributed by atoms with Crippen molar-refractivity contribution in [2.45, 2.75) is 198 Å². The maximum atomic E-state index is 13.4. The van der Waals surface area contributed by atoms with Gasteiger partial charge in [0, 0.05) is 6.42 Å². The van der Waals surface area contributed by atoms with E-state index >= 15 is 0 Å². The fourth-order valence-corrected chi connectivity index (χ4v) is 6.13. The smallest absolute Gasteiger partial charge is 0.328 e. The Balaban J connectivity index is 5.38. The quantitative estimate of drug-likeness (QED) is 0.0406. The van der Waals surface area contributed by atoms with Crippen molar-refractivity contribution < 1.29 is 49.2 Å². The zero-order chi connectivity index (χ0) is 42.5. The molecule has 0 unspecified atom stereocenters. The molecular weight excluding hydrogens is 726 g/mol. The van der Waals surface area contributed by atoms with E-state index in [0.717, 1.165) is 19.3 Å². The molecule has 0 aliphatic heterocycles. The molecule has 0 spiro atoms. The number of carboxylic acids is 1. The fraction of sp³-hybridized carbons (Fsp3) is 0.846. The molecule has 8 atom stereocenters. The molecule has 17 nitrogen and oxygen atoms in total. The summed E-state index contributed by atoms with van der Waals surface area (Å²) in [6.45, 7) is 6.32. The second-order valence-electron chi connectivity index (χ2n) is 14.9. The number of carboxylic acid groups (broad SMARTS) is 1. The predicted molar refractivity (Wildman–Crippen MR) is 214 cm³/mol. The molecule has 0 aliphatic rings. The van der Waals surface area contributed by atoms with Gasteiger partial charge in [0.2, 0.25) is 29.5 Å². The third kappa shape index (κ3) is 23.6. The maximum Gasteiger partial charge on any atom is 0.328 e. The van der Waals surface area contributed by atoms with E-state index in [-0.39, 0.29) is 38.1 Å². The first-order chi connectivity index (χ1) is 26.6. The number of amides is 5. The molecular formula is C39H75N7O10. The summed E-state index contributed by atoms with van der Waals surface area (Å²) in [7, 11) is 0. The normalized spacial score (nSPS) is 15.6. The Morgan fingerprint density at radius 1 is 0.464 bits per heavy atom. The van der Waals surface area contributed by atoms with Crippen LogP contribution >= 0.6 is 0 Å². The van der Waals surface area contributed by atoms with E-state index in [1.165, 1.54) is 78.6 Å². The van der Waals surface area contributed by atoms with Gasteiger partial charge in [-0.2, -0.15) is 0 Å². The number of carbonyl (C=O) groups is 6. The average molecular weight is 802 g/mol. The Kier molecular flexibility index (Phi) is 29.8. The van der Waals surface area contributed by atoms with Gasteiger partial charge in [-0.05, 0) is 72.4 Å². The number of aliphatic hydroxyl groups is 3. The SMILES string of the molecule is CCCCCCCCCCCCCCCC(=O)N[C@@H](CCCCN)C(=O)N[C@H](C(=O)N[C@H](C(=O)N[C@@H](CCCN)C(=O)N[C@H](C(=O)O)[C@@H](C)O)[C@@H](C)O)[C@@H](C)O. The van der Waals surface area contributed by atoms with Crippen LogP contribution in [0.3, 0.4) is 0 Å². The van der Waals surface area contributed by atoms with Gasteiger partial charge < -0.3 is 58.5 Å². The monoisotopic (exact) mass is 802 g/mol. The van der Waals surface area contributed by atoms with Gasteiger partial charge in [0.1, 0.15) is 24.2 Å². The summed E-state index contributed by atoms with van der Waals surface area (Å²) in [5.74, 6) is -5.55. The van der Waals surface area contributed by atoms with Crippen LogP contribution in [0.15, 0.2) is 0 Å². The first kappa shape index (κ1) is 52.6. The molecule has 0 aliphatic carbocycles. The van der Waals surface area contributed by atoms with Crippen LogP contribution in [0.1, 0.15) is 150 Å². The third-order valence-electron chi connectivity index (χ3n) is 9.61. The molecule has 0 saturated heterocycles. The van der Waals surface area contributed by atoms with Gasteiger partial charge in [-0.1, -0.05) is 84.0 Å². The Hall–Kier alpha value is -3.38. The fourth-order valence-electron chi connectivity index (χ4n) is 6.13. The first-order valence-corrected chi connectivity index (χ1v) is 20.8. The van der Waals surface area contributed by atoms with Crippen LogP contribution in [-0.4, -0.2) is 118 Å². The molecule has 0 bridgehead atoms. The Labute approximate surface area is 333 Å². The van der Waals surface area contributed by atoms with Crippen molar-refractivity contribution >= 4 is 35.5 Å². The minimum absolute atomic E-state index is 0.0380. The van der Waals surface area contributed by atoms with Gasteiger partial charge in [-0.25, -0.2) is 4.79 Å². The van der Waals surface area contributed by atoms with Crippen LogP contribution in [0.4, 0.5) is 0 Å². The number of rotatable bonds is 34. The number of nitrogens with one attached hydrogen (secondary N) is 5. The zero-order valence-electron chi connectivity index (χ0n) is 34.4. The minimum Gasteiger partial charge on any atom is -0.480 e. The highest BCUT2D eigenvalue weighted by atomic mass is 16.4. The van der Waals surface area contributed by atoms with Gasteiger partial charge in [-0.15, -0.1) is 0 Å². The average Bonchev–Trinajstić information content (AvgIpc) is 3.13. The predicted octanol–water partition coefficient (Wildman–Crippen LogP) is 0.987. The van der Waals surface area contributed by atoms with E-state index in [1.807, 2.05) is 0 Å². The molecule has 13 N–H and O–H groups in total. The van der Waals surface area contributed by atoms with Crippen LogP contribution in [-0.2, 0) is 28.8 Å². The van der Waals surface area contributed by atoms with Crippen molar-refractivity contribution in [3.05, 3.63) is 0 Å². The van der Waals surface area contributed by atoms with Crippen LogP contribution in [0.25, 0.3) is 0 Å². The van der Waals surface area contributed by atoms with E-state index in [9.17, 15) is 49.2 Å². The molecule has 17 heteroatoms. The van der Waals surface area contributed by atoms with Crippen molar-refractivity contribution in [3.8, 4) is 0 Å². The Morgan fingerprint density at radius 3 is 1.27 bits per heavy atom. The summed E-state index contributed by atoms with van der Waals surface area (Å²) in [6, 6.07) is -7.34. The summed E-state index contributed by atoms with van der Waals surface area (Å²) in [5, 5.41) is 52.1. The topological polar surface area (TPSA) is 296 Å². The summed E-state index contributed by atoms with van der Waals surface area (Å²) < 4.78 is 0. The van der Waals surface area contributed by atoms with E-state index < -0.39 is 78.1 Å². The van der Waals surface area contributed by atoms with Crippen LogP contribution in [0.2, 0.25) is 0 Å². The molecule has 0 aromatic heterocycles. The zero-order valence-corrected chi connectivity index (χ0v) is 34.4. The van der Waals surface area contributed by atoms with Crippen molar-refractivity contribution in [3.63, 3.8) is 0 Å². The lowest BCUT2D eigenvalue weighted by molar-refractivity contribution is -0.145. The number of nitrogens with two attached hydrogens (primary N) is 2. The largest absolute Gasteiger partial charge is 0.480 e. The molecule has 0 heterocycles. The second-order valence-corrected chi connectivity index (χ2v) is 14.9. The lowest BCUT2D eigenvalue weighted by Crippen LogP contribution is -2.63. The molecule has 0 rings (SSSR count). The number of aliphatic hydroxyl groups excluding tert-OH is 3. The van der Waals surface area contributed by atoms with Crippen LogP contribution < -0.4 is 38.1 Å². The number of unbranched alkanes of at least 4 members (excludes halogenated alkanes) is 13. The summed E-state index contributed by atoms with van der Waals surface area (Å²) in [6.07, 6.45) is 12.4. The van der Waals surface area contributed by atoms with Crippen molar-refractivity contribution in [2.75, 3.05) is 13.1 Å². The first-order valence-electron chi connectivity index (χ1n) is 20.8. The highest BCUT2D eigenvalue weighted by Crippen LogP contribution is 2.13. The summed E-state index contributed by atoms with van der Waals surface area (Å²) in [4.78, 5) is 77.5. The molecule has 326 valence electrons. The van der Waals surface area contributed by atoms with Gasteiger partial charge in [-0.3, -0.25) is 24.0 Å². The highest BCUT2D eigenvalue weighted by Gasteiger charge is 2.36. The lowest BCUT2D eigenvalue weighted by Gasteiger charge is -2.29. The summed E-state index contributed by atoms with van der Waals surface area (Å²) in [5.41, 5.74) is 11.2. The van der Waals surface area contributed by atoms with Gasteiger partial charge in [0.25, 0.3) is 0 Å². The third-order valence-corrected chi connectivity index (χ3v) is 9.61. The van der Waals surface area contributed by atoms with Crippen LogP contribution in [0.5, 0.6) is 0 Å². The molecule has 56 heavy (non-hydrogen) atoms. The standard InChI is InChI=1S/C39H75N7O10/c1-5-6-7-8-9-10-11-12-13-14-15-16-17-23-31(50)42-29(21-18-19-24-40)35(51)44-33(27(3)48)38(54)45-32(26(2)47)37(53)43-30(22-20-25-41)36(52)46-34(28(4)49)39(55)56/h26-30,32-34,47-49H,5-25,40-41H2,1-4H3,(H,42,50)(H,43,53)(H,44,51)(H,45,54)(H,46,52)(H,55,56)/t26-,27-,28-,29+,30+,32+,33+,34+/m1/s1. The Morgan fingerprint density at radius 2 is 0.839 bits per heavy atom. The molecule has 0 aromatic carbocycles. The molecule has 0 aromatic rings. The van der Waals surface area contributed by atoms with Crippen molar-refractivity contribution in [1.29, 1.82) is 0 Å². The maximum absolute atomic E-state index is 13.4. The van der Waals surface area contributed by atoms with Crippen molar-refractivity contribution in [1.82, 2.24) is 26.6 Å². The van der Waals surface area contributed by atoms with E-state index in [1.54, 1.807) is 0 Å². The van der Waals surface area contributed by atoms with Gasteiger partial charge >= 0.3 is 5.97 Å². The summed E-state index contributed by atoms with van der Waals surface area (Å²) >= 11 is 0. The van der Waals surface area contributed by atoms with Crippen molar-refractivity contribution in [2.24, 2.45) is 11.5 Å². The number of hydrogen-bond acceptors (Lipinski definition) is 11. The van der Waals surface area contributed by atoms with Crippen LogP contribution in [0, 0.1) is 0 Å². The minimum atomic E-state index is -1.68. The highest BCUT2D eigenvalue weighted by molar-refractivity contribution is 5.96. The lowest BCUT2D eigenvalue weighted by atomic mass is 10.0. The number of hydrogen-bond donors (Lipinski definition) is 11. The molecule has 0 radical (unpaired) electrons. The molecule has 5 amide bonds. The van der Waals surface area contributed by atoms with E-state index in [2.05, 4.69) is 33.5 Å².